The summed E-state index contributed by atoms with van der Waals surface area (Å²) in [7, 11) is 0.560. The minimum atomic E-state index is -1.16. The molecule has 0 aliphatic rings. The monoisotopic (exact) mass is 526 g/mol. The lowest BCUT2D eigenvalue weighted by atomic mass is 10.1. The Morgan fingerprint density at radius 2 is 2.00 bits per heavy atom. The van der Waals surface area contributed by atoms with Crippen molar-refractivity contribution in [1.82, 2.24) is 19.7 Å². The third-order valence-corrected chi connectivity index (χ3v) is 7.58. The molecular formula is C25H28ClFN6O2Si. The number of aromatic nitrogens is 4. The zero-order chi connectivity index (χ0) is 25.9. The fourth-order valence-electron chi connectivity index (χ4n) is 3.55. The average Bonchev–Trinajstić information content (AvgIpc) is 3.30. The van der Waals surface area contributed by atoms with Crippen LogP contribution in [0.5, 0.6) is 0 Å². The van der Waals surface area contributed by atoms with Crippen LogP contribution in [-0.2, 0) is 11.5 Å². The van der Waals surface area contributed by atoms with Crippen LogP contribution in [0.4, 0.5) is 15.8 Å². The summed E-state index contributed by atoms with van der Waals surface area (Å²) in [5, 5.41) is 10.2. The van der Waals surface area contributed by atoms with Gasteiger partial charge in [0.1, 0.15) is 18.1 Å². The second-order valence-corrected chi connectivity index (χ2v) is 15.6. The van der Waals surface area contributed by atoms with E-state index >= 15 is 0 Å². The number of hydrogen-bond donors (Lipinski definition) is 2. The van der Waals surface area contributed by atoms with Crippen LogP contribution in [0.1, 0.15) is 10.4 Å². The van der Waals surface area contributed by atoms with E-state index in [2.05, 4.69) is 40.4 Å². The Balaban J connectivity index is 1.62. The molecule has 0 fully saturated rings. The molecule has 0 aliphatic carbocycles. The van der Waals surface area contributed by atoms with Gasteiger partial charge in [-0.3, -0.25) is 9.78 Å². The number of carbonyl (C=O) groups excluding carboxylic acids is 1. The molecule has 2 aromatic carbocycles. The lowest BCUT2D eigenvalue weighted by Crippen LogP contribution is -2.22. The molecule has 2 aromatic heterocycles. The van der Waals surface area contributed by atoms with Gasteiger partial charge < -0.3 is 15.4 Å². The summed E-state index contributed by atoms with van der Waals surface area (Å²) < 4.78 is 21.8. The number of carbonyl (C=O) groups is 1. The van der Waals surface area contributed by atoms with Crippen LogP contribution in [0.15, 0.2) is 48.9 Å². The molecule has 0 saturated carbocycles. The highest BCUT2D eigenvalue weighted by molar-refractivity contribution is 6.76. The maximum absolute atomic E-state index is 14.4. The van der Waals surface area contributed by atoms with E-state index < -0.39 is 19.8 Å². The Bertz CT molecular complexity index is 1390. The molecule has 188 valence electrons. The molecule has 0 aliphatic heterocycles. The van der Waals surface area contributed by atoms with Crippen molar-refractivity contribution in [2.75, 3.05) is 24.3 Å². The van der Waals surface area contributed by atoms with Crippen molar-refractivity contribution in [2.24, 2.45) is 0 Å². The molecular weight excluding hydrogens is 499 g/mol. The second-order valence-electron chi connectivity index (χ2n) is 9.53. The number of rotatable bonds is 9. The summed E-state index contributed by atoms with van der Waals surface area (Å²) in [4.78, 5) is 22.2. The molecule has 2 heterocycles. The summed E-state index contributed by atoms with van der Waals surface area (Å²) in [6.45, 7) is 7.97. The maximum atomic E-state index is 14.4. The van der Waals surface area contributed by atoms with Crippen LogP contribution >= 0.6 is 11.6 Å². The first-order valence-electron chi connectivity index (χ1n) is 11.5. The first-order valence-corrected chi connectivity index (χ1v) is 15.6. The normalized spacial score (nSPS) is 11.6. The smallest absolute Gasteiger partial charge is 0.260 e. The van der Waals surface area contributed by atoms with E-state index in [1.807, 2.05) is 6.20 Å². The Morgan fingerprint density at radius 1 is 1.19 bits per heavy atom. The lowest BCUT2D eigenvalue weighted by molar-refractivity contribution is 0.0786. The van der Waals surface area contributed by atoms with Crippen molar-refractivity contribution < 1.29 is 13.9 Å². The highest BCUT2D eigenvalue weighted by Crippen LogP contribution is 2.32. The van der Waals surface area contributed by atoms with Gasteiger partial charge in [0.2, 0.25) is 0 Å². The number of hydrogen-bond acceptors (Lipinski definition) is 6. The van der Waals surface area contributed by atoms with E-state index in [9.17, 15) is 9.18 Å². The second kappa shape index (κ2) is 10.7. The van der Waals surface area contributed by atoms with Crippen LogP contribution in [0.25, 0.3) is 22.3 Å². The quantitative estimate of drug-likeness (QED) is 0.208. The number of nitrogens with one attached hydrogen (secondary N) is 2. The number of anilines is 2. The molecule has 8 nitrogen and oxygen atoms in total. The number of nitrogens with zero attached hydrogens (tertiary/aromatic N) is 4. The van der Waals surface area contributed by atoms with Gasteiger partial charge in [-0.1, -0.05) is 37.3 Å². The fraction of sp³-hybridized carbons (Fsp3) is 0.280. The highest BCUT2D eigenvalue weighted by Gasteiger charge is 2.20. The molecule has 4 aromatic rings. The van der Waals surface area contributed by atoms with Gasteiger partial charge in [-0.15, -0.1) is 0 Å². The number of halogens is 2. The zero-order valence-electron chi connectivity index (χ0n) is 20.6. The third kappa shape index (κ3) is 5.89. The molecule has 0 spiro atoms. The number of amides is 1. The van der Waals surface area contributed by atoms with Crippen LogP contribution < -0.4 is 10.6 Å². The topological polar surface area (TPSA) is 94.0 Å². The van der Waals surface area contributed by atoms with Crippen molar-refractivity contribution in [3.8, 4) is 11.3 Å². The standard InChI is InChI=1S/C25H28ClFN6O2Si/c1-28-19-8-9-20-24(23(19)32-25(34)22-17(26)6-5-7-18(22)27)31-21(13-29-20)16-12-30-33(14-16)15-35-10-11-36(2,3)4/h5-9,12-14,28H,10-11,15H2,1-4H3,(H,32,34). The summed E-state index contributed by atoms with van der Waals surface area (Å²) in [6.07, 6.45) is 5.18. The molecule has 0 saturated heterocycles. The van der Waals surface area contributed by atoms with E-state index in [1.54, 1.807) is 36.3 Å². The van der Waals surface area contributed by atoms with Gasteiger partial charge in [0.25, 0.3) is 5.91 Å². The number of fused-ring (bicyclic) bond motifs is 1. The van der Waals surface area contributed by atoms with Crippen molar-refractivity contribution in [1.29, 1.82) is 0 Å². The predicted octanol–water partition coefficient (Wildman–Crippen LogP) is 5.89. The Morgan fingerprint density at radius 3 is 2.72 bits per heavy atom. The van der Waals surface area contributed by atoms with Crippen LogP contribution in [0, 0.1) is 5.82 Å². The first kappa shape index (κ1) is 25.7. The van der Waals surface area contributed by atoms with Crippen LogP contribution in [0.2, 0.25) is 30.7 Å². The van der Waals surface area contributed by atoms with Gasteiger partial charge in [-0.05, 0) is 30.3 Å². The molecule has 36 heavy (non-hydrogen) atoms. The van der Waals surface area contributed by atoms with Crippen molar-refractivity contribution in [3.63, 3.8) is 0 Å². The highest BCUT2D eigenvalue weighted by atomic mass is 35.5. The van der Waals surface area contributed by atoms with Crippen molar-refractivity contribution >= 4 is 48.0 Å². The van der Waals surface area contributed by atoms with Gasteiger partial charge in [-0.2, -0.15) is 5.10 Å². The SMILES string of the molecule is CNc1ccc2ncc(-c3cnn(COCC[Si](C)(C)C)c3)nc2c1NC(=O)c1c(F)cccc1Cl. The summed E-state index contributed by atoms with van der Waals surface area (Å²) in [5.41, 5.74) is 3.06. The Hall–Kier alpha value is -3.34. The number of benzene rings is 2. The van der Waals surface area contributed by atoms with Gasteiger partial charge in [0, 0.05) is 33.5 Å². The van der Waals surface area contributed by atoms with Gasteiger partial charge in [0.15, 0.2) is 0 Å². The molecule has 1 amide bonds. The summed E-state index contributed by atoms with van der Waals surface area (Å²) >= 11 is 6.10. The van der Waals surface area contributed by atoms with Crippen LogP contribution in [-0.4, -0.2) is 47.4 Å². The van der Waals surface area contributed by atoms with Crippen molar-refractivity contribution in [2.45, 2.75) is 32.4 Å². The molecule has 4 rings (SSSR count). The summed E-state index contributed by atoms with van der Waals surface area (Å²) in [5.74, 6) is -1.39. The van der Waals surface area contributed by atoms with E-state index in [0.717, 1.165) is 11.6 Å². The van der Waals surface area contributed by atoms with Gasteiger partial charge in [-0.25, -0.2) is 14.1 Å². The molecule has 11 heteroatoms. The number of ether oxygens (including phenoxy) is 1. The maximum Gasteiger partial charge on any atom is 0.260 e. The summed E-state index contributed by atoms with van der Waals surface area (Å²) in [6, 6.07) is 8.74. The van der Waals surface area contributed by atoms with E-state index in [1.165, 1.54) is 18.2 Å². The average molecular weight is 527 g/mol. The minimum Gasteiger partial charge on any atom is -0.386 e. The molecule has 0 radical (unpaired) electrons. The third-order valence-electron chi connectivity index (χ3n) is 5.56. The Labute approximate surface area is 214 Å². The molecule has 0 bridgehead atoms. The van der Waals surface area contributed by atoms with E-state index in [0.29, 0.717) is 41.4 Å². The zero-order valence-corrected chi connectivity index (χ0v) is 22.4. The molecule has 0 atom stereocenters. The van der Waals surface area contributed by atoms with Gasteiger partial charge in [0.05, 0.1) is 45.6 Å². The molecule has 2 N–H and O–H groups in total. The van der Waals surface area contributed by atoms with E-state index in [4.69, 9.17) is 21.3 Å². The first-order chi connectivity index (χ1) is 17.2. The van der Waals surface area contributed by atoms with Crippen molar-refractivity contribution in [3.05, 3.63) is 65.3 Å². The fourth-order valence-corrected chi connectivity index (χ4v) is 4.55. The van der Waals surface area contributed by atoms with Gasteiger partial charge >= 0.3 is 0 Å². The molecule has 0 unspecified atom stereocenters. The minimum absolute atomic E-state index is 0.0185. The van der Waals surface area contributed by atoms with Crippen LogP contribution in [0.3, 0.4) is 0 Å². The predicted molar refractivity (Wildman–Crippen MR) is 144 cm³/mol. The Kier molecular flexibility index (Phi) is 7.67. The van der Waals surface area contributed by atoms with E-state index in [-0.39, 0.29) is 10.6 Å². The lowest BCUT2D eigenvalue weighted by Gasteiger charge is -2.15. The largest absolute Gasteiger partial charge is 0.386 e.